The number of nitrogen functional groups attached to an aromatic ring is 1. The van der Waals surface area contributed by atoms with E-state index in [1.807, 2.05) is 0 Å². The van der Waals surface area contributed by atoms with Crippen LogP contribution in [-0.2, 0) is 0 Å². The minimum absolute atomic E-state index is 0.217. The van der Waals surface area contributed by atoms with Crippen molar-refractivity contribution in [1.82, 2.24) is 15.3 Å². The molecule has 0 bridgehead atoms. The highest BCUT2D eigenvalue weighted by atomic mass is 19.1. The van der Waals surface area contributed by atoms with Gasteiger partial charge in [0.15, 0.2) is 0 Å². The number of nitrogens with one attached hydrogen (secondary N) is 3. The lowest BCUT2D eigenvalue weighted by atomic mass is 10.0. The first-order valence-electron chi connectivity index (χ1n) is 9.30. The number of hydrogen-bond donors (Lipinski definition) is 4. The molecule has 0 spiro atoms. The lowest BCUT2D eigenvalue weighted by Crippen LogP contribution is -2.25. The molecule has 148 valence electrons. The Bertz CT molecular complexity index is 1020. The molecule has 4 rings (SSSR count). The van der Waals surface area contributed by atoms with Crippen molar-refractivity contribution in [2.45, 2.75) is 12.5 Å². The van der Waals surface area contributed by atoms with Gasteiger partial charge in [-0.2, -0.15) is 0 Å². The van der Waals surface area contributed by atoms with E-state index < -0.39 is 0 Å². The fraction of sp³-hybridized carbons (Fsp3) is 0.190. The third-order valence-corrected chi connectivity index (χ3v) is 4.70. The summed E-state index contributed by atoms with van der Waals surface area (Å²) in [6, 6.07) is 13.1. The molecular weight excluding hydrogens is 371 g/mol. The number of aromatic nitrogens is 2. The molecule has 3 aromatic rings. The molecule has 0 saturated carbocycles. The molecule has 0 amide bonds. The van der Waals surface area contributed by atoms with Crippen molar-refractivity contribution < 1.29 is 9.13 Å². The summed E-state index contributed by atoms with van der Waals surface area (Å²) in [4.78, 5) is 8.35. The van der Waals surface area contributed by atoms with Crippen molar-refractivity contribution >= 4 is 17.3 Å². The molecular formula is C21H21FN6O. The Balaban J connectivity index is 1.55. The summed E-state index contributed by atoms with van der Waals surface area (Å²) >= 11 is 0. The number of benzene rings is 2. The molecule has 1 atom stereocenters. The van der Waals surface area contributed by atoms with Gasteiger partial charge in [-0.1, -0.05) is 6.07 Å². The van der Waals surface area contributed by atoms with Crippen LogP contribution in [0.4, 0.5) is 16.0 Å². The van der Waals surface area contributed by atoms with Gasteiger partial charge in [-0.15, -0.1) is 0 Å². The van der Waals surface area contributed by atoms with Crippen LogP contribution in [0.5, 0.6) is 11.5 Å². The number of nitrogens with zero attached hydrogens (tertiary/aromatic N) is 2. The topological polar surface area (TPSA) is 109 Å². The van der Waals surface area contributed by atoms with Crippen molar-refractivity contribution in [2.24, 2.45) is 0 Å². The maximum Gasteiger partial charge on any atom is 0.141 e. The monoisotopic (exact) mass is 392 g/mol. The van der Waals surface area contributed by atoms with Gasteiger partial charge >= 0.3 is 0 Å². The second-order valence-electron chi connectivity index (χ2n) is 6.78. The van der Waals surface area contributed by atoms with Gasteiger partial charge in [-0.25, -0.2) is 14.4 Å². The van der Waals surface area contributed by atoms with Gasteiger partial charge in [0.2, 0.25) is 0 Å². The smallest absolute Gasteiger partial charge is 0.141 e. The quantitative estimate of drug-likeness (QED) is 0.480. The van der Waals surface area contributed by atoms with Crippen LogP contribution < -0.4 is 21.1 Å². The maximum absolute atomic E-state index is 13.3. The number of halogens is 1. The molecule has 1 aliphatic heterocycles. The zero-order chi connectivity index (χ0) is 20.2. The number of nitrogens with two attached hydrogens (primary N) is 1. The molecule has 7 nitrogen and oxygen atoms in total. The highest BCUT2D eigenvalue weighted by Gasteiger charge is 2.20. The predicted molar refractivity (Wildman–Crippen MR) is 110 cm³/mol. The summed E-state index contributed by atoms with van der Waals surface area (Å²) in [5.41, 5.74) is 7.40. The van der Waals surface area contributed by atoms with Gasteiger partial charge in [-0.3, -0.25) is 5.41 Å². The summed E-state index contributed by atoms with van der Waals surface area (Å²) in [5, 5.41) is 15.3. The Morgan fingerprint density at radius 2 is 2.00 bits per heavy atom. The van der Waals surface area contributed by atoms with Gasteiger partial charge in [0.25, 0.3) is 0 Å². The van der Waals surface area contributed by atoms with Gasteiger partial charge in [-0.05, 0) is 49.4 Å². The normalized spacial score (nSPS) is 15.8. The minimum Gasteiger partial charge on any atom is -0.457 e. The summed E-state index contributed by atoms with van der Waals surface area (Å²) in [6.45, 7) is 1.78. The predicted octanol–water partition coefficient (Wildman–Crippen LogP) is 3.18. The average molecular weight is 392 g/mol. The lowest BCUT2D eigenvalue weighted by molar-refractivity contribution is 0.477. The van der Waals surface area contributed by atoms with Gasteiger partial charge in [0.1, 0.15) is 35.3 Å². The Morgan fingerprint density at radius 3 is 2.72 bits per heavy atom. The Labute approximate surface area is 167 Å². The standard InChI is InChI=1S/C21H21FN6O/c22-14-2-1-3-17(10-14)29-16-6-4-13(5-7-16)19(23)18-20(24)26-12-27-21(18)28-15-8-9-25-11-15/h1-7,10,12,15,23,25H,8-9,11H2,(H3,24,26,27,28). The number of anilines is 2. The van der Waals surface area contributed by atoms with Crippen molar-refractivity contribution in [3.63, 3.8) is 0 Å². The van der Waals surface area contributed by atoms with Crippen molar-refractivity contribution in [2.75, 3.05) is 24.1 Å². The number of rotatable bonds is 6. The first-order chi connectivity index (χ1) is 14.1. The van der Waals surface area contributed by atoms with E-state index in [1.54, 1.807) is 36.4 Å². The molecule has 0 aliphatic carbocycles. The molecule has 5 N–H and O–H groups in total. The van der Waals surface area contributed by atoms with Crippen LogP contribution in [0.1, 0.15) is 17.5 Å². The second-order valence-corrected chi connectivity index (χ2v) is 6.78. The lowest BCUT2D eigenvalue weighted by Gasteiger charge is -2.17. The third kappa shape index (κ3) is 4.33. The van der Waals surface area contributed by atoms with Crippen LogP contribution in [0.15, 0.2) is 54.9 Å². The van der Waals surface area contributed by atoms with E-state index in [0.29, 0.717) is 28.4 Å². The zero-order valence-corrected chi connectivity index (χ0v) is 15.7. The van der Waals surface area contributed by atoms with E-state index >= 15 is 0 Å². The average Bonchev–Trinajstić information content (AvgIpc) is 3.21. The first kappa shape index (κ1) is 18.8. The van der Waals surface area contributed by atoms with E-state index in [0.717, 1.165) is 19.5 Å². The molecule has 1 fully saturated rings. The second kappa shape index (κ2) is 8.24. The summed E-state index contributed by atoms with van der Waals surface area (Å²) < 4.78 is 19.0. The van der Waals surface area contributed by atoms with Crippen LogP contribution in [0.3, 0.4) is 0 Å². The first-order valence-corrected chi connectivity index (χ1v) is 9.30. The van der Waals surface area contributed by atoms with Crippen LogP contribution >= 0.6 is 0 Å². The fourth-order valence-electron chi connectivity index (χ4n) is 3.23. The number of hydrogen-bond acceptors (Lipinski definition) is 7. The highest BCUT2D eigenvalue weighted by molar-refractivity contribution is 6.16. The summed E-state index contributed by atoms with van der Waals surface area (Å²) in [5.74, 6) is 1.39. The van der Waals surface area contributed by atoms with Gasteiger partial charge < -0.3 is 21.1 Å². The highest BCUT2D eigenvalue weighted by Crippen LogP contribution is 2.26. The zero-order valence-electron chi connectivity index (χ0n) is 15.7. The van der Waals surface area contributed by atoms with Crippen LogP contribution in [0, 0.1) is 11.2 Å². The van der Waals surface area contributed by atoms with Crippen molar-refractivity contribution in [3.8, 4) is 11.5 Å². The van der Waals surface area contributed by atoms with E-state index in [9.17, 15) is 4.39 Å². The van der Waals surface area contributed by atoms with Gasteiger partial charge in [0, 0.05) is 24.2 Å². The molecule has 1 unspecified atom stereocenters. The van der Waals surface area contributed by atoms with E-state index in [4.69, 9.17) is 15.9 Å². The molecule has 2 aromatic carbocycles. The van der Waals surface area contributed by atoms with E-state index in [1.165, 1.54) is 18.5 Å². The molecule has 29 heavy (non-hydrogen) atoms. The Kier molecular flexibility index (Phi) is 5.35. The Morgan fingerprint density at radius 1 is 1.17 bits per heavy atom. The Hall–Kier alpha value is -3.52. The summed E-state index contributed by atoms with van der Waals surface area (Å²) in [6.07, 6.45) is 2.37. The van der Waals surface area contributed by atoms with Crippen LogP contribution in [0.2, 0.25) is 0 Å². The summed E-state index contributed by atoms with van der Waals surface area (Å²) in [7, 11) is 0. The fourth-order valence-corrected chi connectivity index (χ4v) is 3.23. The molecule has 0 radical (unpaired) electrons. The molecule has 8 heteroatoms. The van der Waals surface area contributed by atoms with E-state index in [-0.39, 0.29) is 23.4 Å². The van der Waals surface area contributed by atoms with Crippen molar-refractivity contribution in [3.05, 3.63) is 71.8 Å². The largest absolute Gasteiger partial charge is 0.457 e. The maximum atomic E-state index is 13.3. The molecule has 1 aromatic heterocycles. The third-order valence-electron chi connectivity index (χ3n) is 4.70. The molecule has 1 aliphatic rings. The SMILES string of the molecule is N=C(c1ccc(Oc2cccc(F)c2)cc1)c1c(N)ncnc1NC1CCNC1. The molecule has 1 saturated heterocycles. The van der Waals surface area contributed by atoms with Gasteiger partial charge in [0.05, 0.1) is 11.3 Å². The van der Waals surface area contributed by atoms with Crippen LogP contribution in [-0.4, -0.2) is 34.8 Å². The van der Waals surface area contributed by atoms with Crippen molar-refractivity contribution in [1.29, 1.82) is 5.41 Å². The minimum atomic E-state index is -0.363. The number of ether oxygens (including phenoxy) is 1. The van der Waals surface area contributed by atoms with E-state index in [2.05, 4.69) is 20.6 Å². The van der Waals surface area contributed by atoms with Crippen LogP contribution in [0.25, 0.3) is 0 Å². The molecule has 2 heterocycles.